The number of rotatable bonds is 2. The first-order valence-electron chi connectivity index (χ1n) is 5.33. The van der Waals surface area contributed by atoms with Crippen molar-refractivity contribution in [1.29, 1.82) is 0 Å². The van der Waals surface area contributed by atoms with Gasteiger partial charge in [-0.25, -0.2) is 0 Å². The fourth-order valence-corrected chi connectivity index (χ4v) is 2.55. The summed E-state index contributed by atoms with van der Waals surface area (Å²) in [7, 11) is 1.63. The molecule has 1 atom stereocenters. The minimum Gasteiger partial charge on any atom is -0.496 e. The molecule has 1 amide bonds. The normalized spacial score (nSPS) is 20.4. The Hall–Kier alpha value is -1.03. The van der Waals surface area contributed by atoms with E-state index in [-0.39, 0.29) is 11.8 Å². The molecular weight excluding hydrogens is 270 g/mol. The number of hydrogen-bond donors (Lipinski definition) is 1. The highest BCUT2D eigenvalue weighted by molar-refractivity contribution is 9.10. The van der Waals surface area contributed by atoms with Crippen LogP contribution in [0.5, 0.6) is 5.75 Å². The number of methoxy groups -OCH3 is 1. The van der Waals surface area contributed by atoms with E-state index in [9.17, 15) is 4.79 Å². The summed E-state index contributed by atoms with van der Waals surface area (Å²) in [5, 5.41) is 2.89. The summed E-state index contributed by atoms with van der Waals surface area (Å²) in [6.45, 7) is 0.798. The van der Waals surface area contributed by atoms with Gasteiger partial charge in [0.25, 0.3) is 0 Å². The molecule has 1 heterocycles. The van der Waals surface area contributed by atoms with Gasteiger partial charge in [-0.3, -0.25) is 4.79 Å². The number of carbonyl (C=O) groups excluding carboxylic acids is 1. The topological polar surface area (TPSA) is 38.3 Å². The van der Waals surface area contributed by atoms with Crippen LogP contribution in [0.25, 0.3) is 0 Å². The van der Waals surface area contributed by atoms with E-state index >= 15 is 0 Å². The third kappa shape index (κ3) is 2.21. The van der Waals surface area contributed by atoms with E-state index < -0.39 is 0 Å². The molecule has 1 unspecified atom stereocenters. The quantitative estimate of drug-likeness (QED) is 0.906. The van der Waals surface area contributed by atoms with Crippen molar-refractivity contribution < 1.29 is 9.53 Å². The Labute approximate surface area is 103 Å². The SMILES string of the molecule is COc1ccc(C2CCCNC2=O)cc1Br. The minimum atomic E-state index is -0.0176. The van der Waals surface area contributed by atoms with Crippen molar-refractivity contribution in [2.75, 3.05) is 13.7 Å². The lowest BCUT2D eigenvalue weighted by molar-refractivity contribution is -0.123. The molecule has 2 rings (SSSR count). The highest BCUT2D eigenvalue weighted by Crippen LogP contribution is 2.31. The van der Waals surface area contributed by atoms with Crippen LogP contribution in [-0.2, 0) is 4.79 Å². The molecule has 3 nitrogen and oxygen atoms in total. The third-order valence-electron chi connectivity index (χ3n) is 2.86. The number of carbonyl (C=O) groups is 1. The highest BCUT2D eigenvalue weighted by Gasteiger charge is 2.24. The van der Waals surface area contributed by atoms with E-state index in [0.29, 0.717) is 0 Å². The lowest BCUT2D eigenvalue weighted by atomic mass is 9.91. The average molecular weight is 284 g/mol. The smallest absolute Gasteiger partial charge is 0.227 e. The maximum Gasteiger partial charge on any atom is 0.227 e. The van der Waals surface area contributed by atoms with Crippen molar-refractivity contribution in [1.82, 2.24) is 5.32 Å². The third-order valence-corrected chi connectivity index (χ3v) is 3.48. The molecule has 16 heavy (non-hydrogen) atoms. The molecule has 1 aromatic carbocycles. The monoisotopic (exact) mass is 283 g/mol. The lowest BCUT2D eigenvalue weighted by Gasteiger charge is -2.22. The molecule has 86 valence electrons. The first-order chi connectivity index (χ1) is 7.72. The van der Waals surface area contributed by atoms with Gasteiger partial charge < -0.3 is 10.1 Å². The van der Waals surface area contributed by atoms with Crippen molar-refractivity contribution in [2.24, 2.45) is 0 Å². The average Bonchev–Trinajstić information content (AvgIpc) is 2.29. The fourth-order valence-electron chi connectivity index (χ4n) is 1.99. The van der Waals surface area contributed by atoms with E-state index in [2.05, 4.69) is 21.2 Å². The fraction of sp³-hybridized carbons (Fsp3) is 0.417. The van der Waals surface area contributed by atoms with Crippen molar-refractivity contribution >= 4 is 21.8 Å². The van der Waals surface area contributed by atoms with E-state index in [1.807, 2.05) is 18.2 Å². The summed E-state index contributed by atoms with van der Waals surface area (Å²) >= 11 is 3.44. The van der Waals surface area contributed by atoms with Gasteiger partial charge in [0.1, 0.15) is 5.75 Å². The van der Waals surface area contributed by atoms with E-state index in [1.54, 1.807) is 7.11 Å². The second-order valence-corrected chi connectivity index (χ2v) is 4.73. The van der Waals surface area contributed by atoms with Gasteiger partial charge in [0.2, 0.25) is 5.91 Å². The van der Waals surface area contributed by atoms with Crippen LogP contribution in [0.2, 0.25) is 0 Å². The van der Waals surface area contributed by atoms with Gasteiger partial charge in [0.05, 0.1) is 17.5 Å². The zero-order valence-corrected chi connectivity index (χ0v) is 10.7. The maximum atomic E-state index is 11.7. The number of halogens is 1. The van der Waals surface area contributed by atoms with Gasteiger partial charge in [-0.05, 0) is 46.5 Å². The van der Waals surface area contributed by atoms with Gasteiger partial charge in [-0.15, -0.1) is 0 Å². The Bertz CT molecular complexity index is 406. The summed E-state index contributed by atoms with van der Waals surface area (Å²) < 4.78 is 6.06. The van der Waals surface area contributed by atoms with Gasteiger partial charge in [-0.2, -0.15) is 0 Å². The number of nitrogens with one attached hydrogen (secondary N) is 1. The summed E-state index contributed by atoms with van der Waals surface area (Å²) in [4.78, 5) is 11.7. The van der Waals surface area contributed by atoms with Crippen LogP contribution in [0.1, 0.15) is 24.3 Å². The molecule has 0 spiro atoms. The predicted octanol–water partition coefficient (Wildman–Crippen LogP) is 2.45. The summed E-state index contributed by atoms with van der Waals surface area (Å²) in [6.07, 6.45) is 1.96. The number of piperidine rings is 1. The van der Waals surface area contributed by atoms with Crippen LogP contribution in [0.3, 0.4) is 0 Å². The Balaban J connectivity index is 2.26. The number of benzene rings is 1. The van der Waals surface area contributed by atoms with Crippen LogP contribution >= 0.6 is 15.9 Å². The van der Waals surface area contributed by atoms with E-state index in [4.69, 9.17) is 4.74 Å². The van der Waals surface area contributed by atoms with Crippen molar-refractivity contribution in [3.05, 3.63) is 28.2 Å². The number of hydrogen-bond acceptors (Lipinski definition) is 2. The Morgan fingerprint density at radius 2 is 2.31 bits per heavy atom. The first-order valence-corrected chi connectivity index (χ1v) is 6.13. The molecule has 0 saturated carbocycles. The Morgan fingerprint density at radius 1 is 1.50 bits per heavy atom. The highest BCUT2D eigenvalue weighted by atomic mass is 79.9. The van der Waals surface area contributed by atoms with E-state index in [0.717, 1.165) is 35.2 Å². The maximum absolute atomic E-state index is 11.7. The van der Waals surface area contributed by atoms with Crippen molar-refractivity contribution in [2.45, 2.75) is 18.8 Å². The molecular formula is C12H14BrNO2. The van der Waals surface area contributed by atoms with Crippen LogP contribution in [0.15, 0.2) is 22.7 Å². The molecule has 0 aromatic heterocycles. The summed E-state index contributed by atoms with van der Waals surface area (Å²) in [5.41, 5.74) is 1.05. The molecule has 1 aliphatic rings. The summed E-state index contributed by atoms with van der Waals surface area (Å²) in [6, 6.07) is 5.81. The van der Waals surface area contributed by atoms with Crippen LogP contribution in [0.4, 0.5) is 0 Å². The number of ether oxygens (including phenoxy) is 1. The second kappa shape index (κ2) is 4.87. The second-order valence-electron chi connectivity index (χ2n) is 3.88. The first kappa shape index (κ1) is 11.5. The number of amides is 1. The standard InChI is InChI=1S/C12H14BrNO2/c1-16-11-5-4-8(7-10(11)13)9-3-2-6-14-12(9)15/h4-5,7,9H,2-3,6H2,1H3,(H,14,15). The van der Waals surface area contributed by atoms with Gasteiger partial charge in [0, 0.05) is 6.54 Å². The van der Waals surface area contributed by atoms with Gasteiger partial charge >= 0.3 is 0 Å². The zero-order chi connectivity index (χ0) is 11.5. The minimum absolute atomic E-state index is 0.0176. The van der Waals surface area contributed by atoms with Crippen molar-refractivity contribution in [3.63, 3.8) is 0 Å². The molecule has 0 radical (unpaired) electrons. The molecule has 1 saturated heterocycles. The van der Waals surface area contributed by atoms with Crippen LogP contribution in [-0.4, -0.2) is 19.6 Å². The van der Waals surface area contributed by atoms with Crippen LogP contribution in [0, 0.1) is 0 Å². The van der Waals surface area contributed by atoms with E-state index in [1.165, 1.54) is 0 Å². The predicted molar refractivity (Wildman–Crippen MR) is 65.7 cm³/mol. The lowest BCUT2D eigenvalue weighted by Crippen LogP contribution is -2.35. The molecule has 4 heteroatoms. The Morgan fingerprint density at radius 3 is 2.94 bits per heavy atom. The summed E-state index contributed by atoms with van der Waals surface area (Å²) in [5.74, 6) is 0.902. The van der Waals surface area contributed by atoms with Crippen LogP contribution < -0.4 is 10.1 Å². The van der Waals surface area contributed by atoms with Gasteiger partial charge in [0.15, 0.2) is 0 Å². The molecule has 1 aliphatic heterocycles. The molecule has 0 bridgehead atoms. The zero-order valence-electron chi connectivity index (χ0n) is 9.13. The van der Waals surface area contributed by atoms with Crippen molar-refractivity contribution in [3.8, 4) is 5.75 Å². The molecule has 1 fully saturated rings. The van der Waals surface area contributed by atoms with Gasteiger partial charge in [-0.1, -0.05) is 6.07 Å². The molecule has 1 aromatic rings. The molecule has 0 aliphatic carbocycles. The molecule has 1 N–H and O–H groups in total. The Kier molecular flexibility index (Phi) is 3.49. The largest absolute Gasteiger partial charge is 0.496 e.